The van der Waals surface area contributed by atoms with Crippen LogP contribution in [0.1, 0.15) is 31.9 Å². The molecule has 0 bridgehead atoms. The van der Waals surface area contributed by atoms with E-state index in [2.05, 4.69) is 33.2 Å². The molecule has 0 aromatic carbocycles. The first kappa shape index (κ1) is 11.2. The second-order valence-electron chi connectivity index (χ2n) is 4.34. The van der Waals surface area contributed by atoms with Gasteiger partial charge in [0.25, 0.3) is 0 Å². The van der Waals surface area contributed by atoms with Crippen molar-refractivity contribution in [2.24, 2.45) is 0 Å². The van der Waals surface area contributed by atoms with Gasteiger partial charge in [0.05, 0.1) is 0 Å². The molecule has 1 fully saturated rings. The van der Waals surface area contributed by atoms with Crippen LogP contribution in [0, 0.1) is 6.92 Å². The van der Waals surface area contributed by atoms with Crippen LogP contribution in [0.25, 0.3) is 0 Å². The third-order valence-corrected chi connectivity index (χ3v) is 3.21. The molecule has 4 nitrogen and oxygen atoms in total. The zero-order valence-electron chi connectivity index (χ0n) is 10.3. The summed E-state index contributed by atoms with van der Waals surface area (Å²) in [5.74, 6) is 1.79. The van der Waals surface area contributed by atoms with Crippen LogP contribution in [0.3, 0.4) is 0 Å². The van der Waals surface area contributed by atoms with E-state index < -0.39 is 0 Å². The molecule has 88 valence electrons. The quantitative estimate of drug-likeness (QED) is 0.848. The van der Waals surface area contributed by atoms with E-state index in [1.807, 2.05) is 14.0 Å². The second-order valence-corrected chi connectivity index (χ2v) is 4.34. The maximum atomic E-state index is 4.54. The normalized spacial score (nSPS) is 20.2. The molecule has 1 aliphatic rings. The third kappa shape index (κ3) is 2.10. The highest BCUT2D eigenvalue weighted by Gasteiger charge is 2.24. The molecular formula is C12H20N4. The summed E-state index contributed by atoms with van der Waals surface area (Å²) < 4.78 is 0. The number of nitrogens with one attached hydrogen (secondary N) is 1. The minimum atomic E-state index is 0.652. The summed E-state index contributed by atoms with van der Waals surface area (Å²) in [5.41, 5.74) is 1.02. The van der Waals surface area contributed by atoms with Gasteiger partial charge in [0.2, 0.25) is 5.95 Å². The van der Waals surface area contributed by atoms with Gasteiger partial charge in [0, 0.05) is 31.4 Å². The first-order valence-corrected chi connectivity index (χ1v) is 6.04. The molecule has 4 heteroatoms. The fourth-order valence-electron chi connectivity index (χ4n) is 2.37. The largest absolute Gasteiger partial charge is 0.357 e. The predicted octanol–water partition coefficient (Wildman–Crippen LogP) is 2.21. The number of rotatable bonds is 3. The molecule has 0 radical (unpaired) electrons. The Morgan fingerprint density at radius 3 is 3.00 bits per heavy atom. The van der Waals surface area contributed by atoms with Crippen LogP contribution in [0.15, 0.2) is 6.07 Å². The van der Waals surface area contributed by atoms with Crippen molar-refractivity contribution >= 4 is 11.8 Å². The van der Waals surface area contributed by atoms with E-state index in [0.717, 1.165) is 24.0 Å². The summed E-state index contributed by atoms with van der Waals surface area (Å²) in [6.45, 7) is 5.39. The number of nitrogens with zero attached hydrogens (tertiary/aromatic N) is 3. The number of aryl methyl sites for hydroxylation is 1. The van der Waals surface area contributed by atoms with E-state index in [1.54, 1.807) is 0 Å². The van der Waals surface area contributed by atoms with Crippen molar-refractivity contribution in [2.75, 3.05) is 23.8 Å². The predicted molar refractivity (Wildman–Crippen MR) is 67.0 cm³/mol. The van der Waals surface area contributed by atoms with Crippen molar-refractivity contribution in [1.29, 1.82) is 0 Å². The van der Waals surface area contributed by atoms with Gasteiger partial charge in [-0.3, -0.25) is 0 Å². The Balaban J connectivity index is 2.28. The molecule has 0 saturated carbocycles. The Bertz CT molecular complexity index is 364. The molecule has 0 spiro atoms. The van der Waals surface area contributed by atoms with Crippen molar-refractivity contribution in [1.82, 2.24) is 9.97 Å². The summed E-state index contributed by atoms with van der Waals surface area (Å²) >= 11 is 0. The lowest BCUT2D eigenvalue weighted by Gasteiger charge is -2.25. The van der Waals surface area contributed by atoms with Crippen molar-refractivity contribution < 1.29 is 0 Å². The SMILES string of the molecule is CCC1CCCN1c1cc(C)nc(NC)n1. The van der Waals surface area contributed by atoms with Gasteiger partial charge in [-0.2, -0.15) is 4.98 Å². The number of hydrogen-bond acceptors (Lipinski definition) is 4. The highest BCUT2D eigenvalue weighted by molar-refractivity contribution is 5.46. The molecule has 16 heavy (non-hydrogen) atoms. The molecule has 1 aromatic heterocycles. The first-order valence-electron chi connectivity index (χ1n) is 6.04. The fraction of sp³-hybridized carbons (Fsp3) is 0.667. The molecule has 1 saturated heterocycles. The molecule has 1 unspecified atom stereocenters. The van der Waals surface area contributed by atoms with Crippen LogP contribution in [-0.4, -0.2) is 29.6 Å². The lowest BCUT2D eigenvalue weighted by Crippen LogP contribution is -2.29. The smallest absolute Gasteiger partial charge is 0.224 e. The molecule has 1 N–H and O–H groups in total. The molecule has 1 aliphatic heterocycles. The van der Waals surface area contributed by atoms with Gasteiger partial charge < -0.3 is 10.2 Å². The topological polar surface area (TPSA) is 41.1 Å². The Kier molecular flexibility index (Phi) is 3.27. The van der Waals surface area contributed by atoms with E-state index in [-0.39, 0.29) is 0 Å². The molecule has 1 aromatic rings. The Morgan fingerprint density at radius 1 is 1.50 bits per heavy atom. The first-order chi connectivity index (χ1) is 7.74. The van der Waals surface area contributed by atoms with Gasteiger partial charge >= 0.3 is 0 Å². The standard InChI is InChI=1S/C12H20N4/c1-4-10-6-5-7-16(10)11-8-9(2)14-12(13-3)15-11/h8,10H,4-7H2,1-3H3,(H,13,14,15). The fourth-order valence-corrected chi connectivity index (χ4v) is 2.37. The maximum Gasteiger partial charge on any atom is 0.224 e. The Labute approximate surface area is 97.1 Å². The number of hydrogen-bond donors (Lipinski definition) is 1. The number of anilines is 2. The van der Waals surface area contributed by atoms with Crippen LogP contribution in [0.4, 0.5) is 11.8 Å². The molecule has 0 amide bonds. The van der Waals surface area contributed by atoms with Crippen LogP contribution in [0.5, 0.6) is 0 Å². The minimum Gasteiger partial charge on any atom is -0.357 e. The lowest BCUT2D eigenvalue weighted by atomic mass is 10.2. The average molecular weight is 220 g/mol. The summed E-state index contributed by atoms with van der Waals surface area (Å²) in [6, 6.07) is 2.73. The summed E-state index contributed by atoms with van der Waals surface area (Å²) in [5, 5.41) is 3.02. The highest BCUT2D eigenvalue weighted by Crippen LogP contribution is 2.26. The summed E-state index contributed by atoms with van der Waals surface area (Å²) in [6.07, 6.45) is 3.75. The van der Waals surface area contributed by atoms with Gasteiger partial charge in [-0.25, -0.2) is 4.98 Å². The minimum absolute atomic E-state index is 0.652. The zero-order chi connectivity index (χ0) is 11.5. The van der Waals surface area contributed by atoms with E-state index in [9.17, 15) is 0 Å². The van der Waals surface area contributed by atoms with Gasteiger partial charge in [-0.1, -0.05) is 6.92 Å². The highest BCUT2D eigenvalue weighted by atomic mass is 15.3. The van der Waals surface area contributed by atoms with Crippen LogP contribution < -0.4 is 10.2 Å². The van der Waals surface area contributed by atoms with Crippen molar-refractivity contribution in [2.45, 2.75) is 39.2 Å². The Morgan fingerprint density at radius 2 is 2.31 bits per heavy atom. The van der Waals surface area contributed by atoms with Crippen molar-refractivity contribution in [3.8, 4) is 0 Å². The van der Waals surface area contributed by atoms with E-state index in [4.69, 9.17) is 0 Å². The second kappa shape index (κ2) is 4.68. The molecule has 2 heterocycles. The van der Waals surface area contributed by atoms with Crippen LogP contribution in [0.2, 0.25) is 0 Å². The zero-order valence-corrected chi connectivity index (χ0v) is 10.3. The van der Waals surface area contributed by atoms with Crippen molar-refractivity contribution in [3.05, 3.63) is 11.8 Å². The van der Waals surface area contributed by atoms with Crippen LogP contribution >= 0.6 is 0 Å². The Hall–Kier alpha value is -1.32. The molecule has 2 rings (SSSR count). The van der Waals surface area contributed by atoms with Crippen LogP contribution in [-0.2, 0) is 0 Å². The third-order valence-electron chi connectivity index (χ3n) is 3.21. The van der Waals surface area contributed by atoms with Gasteiger partial charge in [-0.15, -0.1) is 0 Å². The molecule has 1 atom stereocenters. The van der Waals surface area contributed by atoms with E-state index in [0.29, 0.717) is 6.04 Å². The summed E-state index contributed by atoms with van der Waals surface area (Å²) in [7, 11) is 1.86. The monoisotopic (exact) mass is 220 g/mol. The maximum absolute atomic E-state index is 4.54. The number of aromatic nitrogens is 2. The van der Waals surface area contributed by atoms with Gasteiger partial charge in [-0.05, 0) is 26.2 Å². The van der Waals surface area contributed by atoms with E-state index >= 15 is 0 Å². The lowest BCUT2D eigenvalue weighted by molar-refractivity contribution is 0.640. The van der Waals surface area contributed by atoms with Gasteiger partial charge in [0.15, 0.2) is 0 Å². The van der Waals surface area contributed by atoms with Gasteiger partial charge in [0.1, 0.15) is 5.82 Å². The molecular weight excluding hydrogens is 200 g/mol. The van der Waals surface area contributed by atoms with E-state index in [1.165, 1.54) is 19.3 Å². The molecule has 0 aliphatic carbocycles. The average Bonchev–Trinajstić information content (AvgIpc) is 2.76. The summed E-state index contributed by atoms with van der Waals surface area (Å²) in [4.78, 5) is 11.3. The van der Waals surface area contributed by atoms with Crippen molar-refractivity contribution in [3.63, 3.8) is 0 Å².